The molecule has 2 aromatic heterocycles. The molecule has 2 heterocycles. The Balaban J connectivity index is 1.98. The maximum atomic E-state index is 12.2. The molecule has 9 heteroatoms. The minimum Gasteiger partial charge on any atom is -0.479 e. The van der Waals surface area contributed by atoms with Crippen molar-refractivity contribution in [2.75, 3.05) is 0 Å². The van der Waals surface area contributed by atoms with Crippen molar-refractivity contribution < 1.29 is 14.7 Å². The van der Waals surface area contributed by atoms with Gasteiger partial charge in [-0.2, -0.15) is 0 Å². The Labute approximate surface area is 133 Å². The van der Waals surface area contributed by atoms with Gasteiger partial charge in [0.25, 0.3) is 11.5 Å². The summed E-state index contributed by atoms with van der Waals surface area (Å²) in [4.78, 5) is 53.3. The van der Waals surface area contributed by atoms with Crippen molar-refractivity contribution in [3.05, 3.63) is 68.6 Å². The lowest BCUT2D eigenvalue weighted by atomic mass is 10.1. The number of aromatic amines is 3. The first-order chi connectivity index (χ1) is 11.5. The Morgan fingerprint density at radius 1 is 1.12 bits per heavy atom. The van der Waals surface area contributed by atoms with E-state index in [1.807, 2.05) is 4.98 Å². The Bertz CT molecular complexity index is 1020. The number of nitrogens with one attached hydrogen (secondary N) is 4. The number of carboxylic acids is 1. The lowest BCUT2D eigenvalue weighted by Gasteiger charge is -2.13. The summed E-state index contributed by atoms with van der Waals surface area (Å²) < 4.78 is 0. The van der Waals surface area contributed by atoms with Crippen LogP contribution >= 0.6 is 0 Å². The fourth-order valence-corrected chi connectivity index (χ4v) is 2.41. The highest BCUT2D eigenvalue weighted by Gasteiger charge is 2.25. The molecule has 1 unspecified atom stereocenters. The summed E-state index contributed by atoms with van der Waals surface area (Å²) in [5.74, 6) is -2.16. The molecule has 9 nitrogen and oxygen atoms in total. The molecule has 122 valence electrons. The number of carboxylic acid groups (broad SMARTS) is 1. The van der Waals surface area contributed by atoms with Crippen molar-refractivity contribution in [1.29, 1.82) is 0 Å². The van der Waals surface area contributed by atoms with E-state index in [-0.39, 0.29) is 5.69 Å². The van der Waals surface area contributed by atoms with Gasteiger partial charge in [0.15, 0.2) is 6.04 Å². The second-order valence-electron chi connectivity index (χ2n) is 5.04. The molecule has 1 aromatic carbocycles. The van der Waals surface area contributed by atoms with E-state index in [1.165, 1.54) is 6.20 Å². The standard InChI is InChI=1S/C15H12N4O5/c20-11-5-10(17-15(24)18-11)13(21)19-12(14(22)23)8-6-16-9-4-2-1-3-7(8)9/h1-6,12,16H,(H,19,21)(H,22,23)(H2,17,18,20,24). The second-order valence-corrected chi connectivity index (χ2v) is 5.04. The van der Waals surface area contributed by atoms with E-state index in [2.05, 4.69) is 15.3 Å². The van der Waals surface area contributed by atoms with Crippen LogP contribution in [0.2, 0.25) is 0 Å². The topological polar surface area (TPSA) is 148 Å². The first kappa shape index (κ1) is 15.3. The van der Waals surface area contributed by atoms with Gasteiger partial charge in [0.2, 0.25) is 0 Å². The number of hydrogen-bond donors (Lipinski definition) is 5. The average molecular weight is 328 g/mol. The molecule has 24 heavy (non-hydrogen) atoms. The zero-order chi connectivity index (χ0) is 17.3. The molecule has 0 aliphatic carbocycles. The quantitative estimate of drug-likeness (QED) is 0.460. The number of amides is 1. The number of rotatable bonds is 4. The molecule has 1 amide bonds. The minimum absolute atomic E-state index is 0.324. The van der Waals surface area contributed by atoms with E-state index < -0.39 is 29.2 Å². The third kappa shape index (κ3) is 2.82. The molecular formula is C15H12N4O5. The molecular weight excluding hydrogens is 316 g/mol. The molecule has 0 radical (unpaired) electrons. The lowest BCUT2D eigenvalue weighted by molar-refractivity contribution is -0.139. The molecule has 3 rings (SSSR count). The summed E-state index contributed by atoms with van der Waals surface area (Å²) in [6.45, 7) is 0. The number of aliphatic carboxylic acids is 1. The third-order valence-electron chi connectivity index (χ3n) is 3.46. The van der Waals surface area contributed by atoms with Gasteiger partial charge in [-0.1, -0.05) is 18.2 Å². The molecule has 0 saturated heterocycles. The number of carbonyl (C=O) groups excluding carboxylic acids is 1. The summed E-state index contributed by atoms with van der Waals surface area (Å²) in [7, 11) is 0. The predicted octanol–water partition coefficient (Wildman–Crippen LogP) is 0.100. The number of benzene rings is 1. The molecule has 0 aliphatic rings. The summed E-state index contributed by atoms with van der Waals surface area (Å²) >= 11 is 0. The van der Waals surface area contributed by atoms with Crippen molar-refractivity contribution >= 4 is 22.8 Å². The molecule has 3 aromatic rings. The normalized spacial score (nSPS) is 12.0. The Morgan fingerprint density at radius 2 is 1.88 bits per heavy atom. The lowest BCUT2D eigenvalue weighted by Crippen LogP contribution is -2.36. The number of fused-ring (bicyclic) bond motifs is 1. The first-order valence-corrected chi connectivity index (χ1v) is 6.89. The van der Waals surface area contributed by atoms with Crippen molar-refractivity contribution in [3.8, 4) is 0 Å². The van der Waals surface area contributed by atoms with Gasteiger partial charge >= 0.3 is 11.7 Å². The zero-order valence-electron chi connectivity index (χ0n) is 12.1. The average Bonchev–Trinajstić information content (AvgIpc) is 2.95. The van der Waals surface area contributed by atoms with E-state index in [0.29, 0.717) is 10.9 Å². The summed E-state index contributed by atoms with van der Waals surface area (Å²) in [6, 6.07) is 6.56. The van der Waals surface area contributed by atoms with Gasteiger partial charge in [-0.25, -0.2) is 9.59 Å². The van der Waals surface area contributed by atoms with Crippen LogP contribution in [-0.2, 0) is 4.79 Å². The van der Waals surface area contributed by atoms with Crippen LogP contribution in [0.3, 0.4) is 0 Å². The van der Waals surface area contributed by atoms with Crippen LogP contribution < -0.4 is 16.6 Å². The van der Waals surface area contributed by atoms with Gasteiger partial charge in [-0.15, -0.1) is 0 Å². The highest BCUT2D eigenvalue weighted by atomic mass is 16.4. The summed E-state index contributed by atoms with van der Waals surface area (Å²) in [5, 5.41) is 12.4. The molecule has 1 atom stereocenters. The van der Waals surface area contributed by atoms with Gasteiger partial charge in [-0.3, -0.25) is 14.6 Å². The third-order valence-corrected chi connectivity index (χ3v) is 3.46. The first-order valence-electron chi connectivity index (χ1n) is 6.89. The van der Waals surface area contributed by atoms with Crippen LogP contribution in [0.15, 0.2) is 46.1 Å². The van der Waals surface area contributed by atoms with E-state index in [4.69, 9.17) is 0 Å². The number of carbonyl (C=O) groups is 2. The maximum absolute atomic E-state index is 12.2. The molecule has 0 fully saturated rings. The molecule has 0 spiro atoms. The molecule has 0 aliphatic heterocycles. The van der Waals surface area contributed by atoms with E-state index in [1.54, 1.807) is 24.3 Å². The Morgan fingerprint density at radius 3 is 2.58 bits per heavy atom. The maximum Gasteiger partial charge on any atom is 0.331 e. The van der Waals surface area contributed by atoms with Crippen molar-refractivity contribution in [2.24, 2.45) is 0 Å². The van der Waals surface area contributed by atoms with Crippen molar-refractivity contribution in [2.45, 2.75) is 6.04 Å². The van der Waals surface area contributed by atoms with Crippen molar-refractivity contribution in [3.63, 3.8) is 0 Å². The Kier molecular flexibility index (Phi) is 3.74. The number of H-pyrrole nitrogens is 3. The zero-order valence-corrected chi connectivity index (χ0v) is 12.1. The van der Waals surface area contributed by atoms with Crippen LogP contribution in [-0.4, -0.2) is 31.9 Å². The molecule has 0 bridgehead atoms. The van der Waals surface area contributed by atoms with Crippen LogP contribution in [0.5, 0.6) is 0 Å². The number of aromatic nitrogens is 3. The monoisotopic (exact) mass is 328 g/mol. The van der Waals surface area contributed by atoms with Crippen LogP contribution in [0, 0.1) is 0 Å². The number of para-hydroxylation sites is 1. The van der Waals surface area contributed by atoms with Gasteiger partial charge in [-0.05, 0) is 6.07 Å². The fourth-order valence-electron chi connectivity index (χ4n) is 2.41. The minimum atomic E-state index is -1.35. The smallest absolute Gasteiger partial charge is 0.331 e. The van der Waals surface area contributed by atoms with Crippen LogP contribution in [0.1, 0.15) is 22.1 Å². The molecule has 5 N–H and O–H groups in total. The molecule has 0 saturated carbocycles. The SMILES string of the molecule is O=C(NC(C(=O)O)c1c[nH]c2ccccc12)c1cc(=O)[nH]c(=O)[nH]1. The van der Waals surface area contributed by atoms with Crippen molar-refractivity contribution in [1.82, 2.24) is 20.3 Å². The fraction of sp³-hybridized carbons (Fsp3) is 0.0667. The number of hydrogen-bond acceptors (Lipinski definition) is 4. The van der Waals surface area contributed by atoms with E-state index in [0.717, 1.165) is 11.6 Å². The van der Waals surface area contributed by atoms with Gasteiger partial charge in [0, 0.05) is 28.7 Å². The Hall–Kier alpha value is -3.62. The summed E-state index contributed by atoms with van der Waals surface area (Å²) in [5.41, 5.74) is -0.861. The highest BCUT2D eigenvalue weighted by molar-refractivity contribution is 5.97. The van der Waals surface area contributed by atoms with Crippen LogP contribution in [0.25, 0.3) is 10.9 Å². The predicted molar refractivity (Wildman–Crippen MR) is 83.8 cm³/mol. The van der Waals surface area contributed by atoms with E-state index >= 15 is 0 Å². The van der Waals surface area contributed by atoms with Gasteiger partial charge < -0.3 is 20.4 Å². The second kappa shape index (κ2) is 5.88. The van der Waals surface area contributed by atoms with Gasteiger partial charge in [0.1, 0.15) is 5.69 Å². The highest BCUT2D eigenvalue weighted by Crippen LogP contribution is 2.24. The van der Waals surface area contributed by atoms with Crippen LogP contribution in [0.4, 0.5) is 0 Å². The van der Waals surface area contributed by atoms with E-state index in [9.17, 15) is 24.3 Å². The largest absolute Gasteiger partial charge is 0.479 e. The van der Waals surface area contributed by atoms with Gasteiger partial charge in [0.05, 0.1) is 0 Å². The summed E-state index contributed by atoms with van der Waals surface area (Å²) in [6.07, 6.45) is 1.49.